The third-order valence-corrected chi connectivity index (χ3v) is 4.60. The van der Waals surface area contributed by atoms with Crippen LogP contribution < -0.4 is 10.2 Å². The SMILES string of the molecule is O=C1c2ccccc2NC(c2ccccc2Cl)N1c1ccc(O)cc1. The summed E-state index contributed by atoms with van der Waals surface area (Å²) in [5.74, 6) is 0.0285. The Balaban J connectivity index is 1.89. The molecule has 1 heterocycles. The molecule has 1 aliphatic heterocycles. The van der Waals surface area contributed by atoms with E-state index in [1.807, 2.05) is 36.4 Å². The third-order valence-electron chi connectivity index (χ3n) is 4.25. The van der Waals surface area contributed by atoms with Crippen molar-refractivity contribution in [3.8, 4) is 5.75 Å². The Kier molecular flexibility index (Phi) is 3.82. The van der Waals surface area contributed by atoms with E-state index in [4.69, 9.17) is 11.6 Å². The average Bonchev–Trinajstić information content (AvgIpc) is 2.63. The Morgan fingerprint density at radius 3 is 2.36 bits per heavy atom. The first kappa shape index (κ1) is 15.5. The molecule has 3 aromatic rings. The zero-order chi connectivity index (χ0) is 17.4. The fourth-order valence-corrected chi connectivity index (χ4v) is 3.29. The van der Waals surface area contributed by atoms with Crippen molar-refractivity contribution in [1.29, 1.82) is 0 Å². The van der Waals surface area contributed by atoms with Crippen LogP contribution in [0, 0.1) is 0 Å². The van der Waals surface area contributed by atoms with Crippen LogP contribution in [-0.2, 0) is 0 Å². The molecule has 0 bridgehead atoms. The van der Waals surface area contributed by atoms with Gasteiger partial charge in [0.05, 0.1) is 5.56 Å². The summed E-state index contributed by atoms with van der Waals surface area (Å²) in [4.78, 5) is 14.8. The molecule has 4 nitrogen and oxygen atoms in total. The molecule has 0 fully saturated rings. The molecule has 0 spiro atoms. The molecule has 0 saturated heterocycles. The molecule has 2 N–H and O–H groups in total. The van der Waals surface area contributed by atoms with Crippen LogP contribution in [-0.4, -0.2) is 11.0 Å². The summed E-state index contributed by atoms with van der Waals surface area (Å²) in [6.07, 6.45) is -0.444. The minimum Gasteiger partial charge on any atom is -0.508 e. The van der Waals surface area contributed by atoms with Crippen LogP contribution in [0.25, 0.3) is 0 Å². The number of phenols is 1. The van der Waals surface area contributed by atoms with Crippen molar-refractivity contribution in [2.24, 2.45) is 0 Å². The monoisotopic (exact) mass is 350 g/mol. The molecule has 1 aliphatic rings. The molecule has 4 rings (SSSR count). The second-order valence-corrected chi connectivity index (χ2v) is 6.21. The Morgan fingerprint density at radius 2 is 1.60 bits per heavy atom. The number of aromatic hydroxyl groups is 1. The summed E-state index contributed by atoms with van der Waals surface area (Å²) >= 11 is 6.39. The summed E-state index contributed by atoms with van der Waals surface area (Å²) in [6, 6.07) is 21.4. The first-order valence-electron chi connectivity index (χ1n) is 7.88. The van der Waals surface area contributed by atoms with Crippen molar-refractivity contribution < 1.29 is 9.90 Å². The van der Waals surface area contributed by atoms with Gasteiger partial charge in [-0.1, -0.05) is 41.9 Å². The molecule has 124 valence electrons. The van der Waals surface area contributed by atoms with E-state index in [0.29, 0.717) is 16.3 Å². The number of nitrogens with zero attached hydrogens (tertiary/aromatic N) is 1. The largest absolute Gasteiger partial charge is 0.508 e. The number of rotatable bonds is 2. The lowest BCUT2D eigenvalue weighted by atomic mass is 10.0. The number of amides is 1. The zero-order valence-electron chi connectivity index (χ0n) is 13.2. The van der Waals surface area contributed by atoms with Gasteiger partial charge in [0.15, 0.2) is 0 Å². The summed E-state index contributed by atoms with van der Waals surface area (Å²) in [5, 5.41) is 13.6. The number of phenolic OH excluding ortho intramolecular Hbond substituents is 1. The van der Waals surface area contributed by atoms with Gasteiger partial charge in [-0.05, 0) is 42.5 Å². The normalized spacial score (nSPS) is 16.3. The molecule has 3 aromatic carbocycles. The van der Waals surface area contributed by atoms with E-state index in [1.54, 1.807) is 41.3 Å². The number of benzene rings is 3. The van der Waals surface area contributed by atoms with E-state index < -0.39 is 6.17 Å². The van der Waals surface area contributed by atoms with E-state index in [1.165, 1.54) is 0 Å². The maximum absolute atomic E-state index is 13.2. The summed E-state index contributed by atoms with van der Waals surface area (Å²) in [7, 11) is 0. The lowest BCUT2D eigenvalue weighted by molar-refractivity contribution is 0.0975. The number of nitrogens with one attached hydrogen (secondary N) is 1. The molecule has 0 radical (unpaired) electrons. The van der Waals surface area contributed by atoms with Gasteiger partial charge in [0.25, 0.3) is 5.91 Å². The number of hydrogen-bond acceptors (Lipinski definition) is 3. The summed E-state index contributed by atoms with van der Waals surface area (Å²) < 4.78 is 0. The highest BCUT2D eigenvalue weighted by atomic mass is 35.5. The van der Waals surface area contributed by atoms with Gasteiger partial charge in [-0.3, -0.25) is 9.69 Å². The van der Waals surface area contributed by atoms with Gasteiger partial charge in [0.1, 0.15) is 11.9 Å². The molecule has 1 atom stereocenters. The van der Waals surface area contributed by atoms with Crippen molar-refractivity contribution in [2.45, 2.75) is 6.17 Å². The highest BCUT2D eigenvalue weighted by Gasteiger charge is 2.34. The van der Waals surface area contributed by atoms with Crippen molar-refractivity contribution in [2.75, 3.05) is 10.2 Å². The number of halogens is 1. The van der Waals surface area contributed by atoms with E-state index in [0.717, 1.165) is 11.3 Å². The minimum absolute atomic E-state index is 0.120. The van der Waals surface area contributed by atoms with Crippen LogP contribution in [0.4, 0.5) is 11.4 Å². The lowest BCUT2D eigenvalue weighted by Crippen LogP contribution is -2.43. The number of para-hydroxylation sites is 1. The third kappa shape index (κ3) is 2.71. The van der Waals surface area contributed by atoms with Crippen molar-refractivity contribution in [1.82, 2.24) is 0 Å². The molecule has 1 unspecified atom stereocenters. The Morgan fingerprint density at radius 1 is 0.920 bits per heavy atom. The molecule has 1 amide bonds. The smallest absolute Gasteiger partial charge is 0.262 e. The molecule has 25 heavy (non-hydrogen) atoms. The zero-order valence-corrected chi connectivity index (χ0v) is 13.9. The summed E-state index contributed by atoms with van der Waals surface area (Å²) in [5.41, 5.74) is 2.85. The quantitative estimate of drug-likeness (QED) is 0.697. The van der Waals surface area contributed by atoms with Crippen LogP contribution in [0.2, 0.25) is 5.02 Å². The number of carbonyl (C=O) groups excluding carboxylic acids is 1. The van der Waals surface area contributed by atoms with Gasteiger partial charge in [0.2, 0.25) is 0 Å². The Hall–Kier alpha value is -2.98. The molecule has 0 aliphatic carbocycles. The molecular weight excluding hydrogens is 336 g/mol. The van der Waals surface area contributed by atoms with Crippen LogP contribution in [0.1, 0.15) is 22.1 Å². The van der Waals surface area contributed by atoms with E-state index in [-0.39, 0.29) is 11.7 Å². The van der Waals surface area contributed by atoms with E-state index in [9.17, 15) is 9.90 Å². The van der Waals surface area contributed by atoms with Gasteiger partial charge < -0.3 is 10.4 Å². The molecule has 0 aromatic heterocycles. The Labute approximate surface area is 150 Å². The topological polar surface area (TPSA) is 52.6 Å². The highest BCUT2D eigenvalue weighted by Crippen LogP contribution is 2.38. The average molecular weight is 351 g/mol. The van der Waals surface area contributed by atoms with Gasteiger partial charge in [0, 0.05) is 22.0 Å². The maximum Gasteiger partial charge on any atom is 0.262 e. The van der Waals surface area contributed by atoms with Crippen LogP contribution in [0.5, 0.6) is 5.75 Å². The first-order valence-corrected chi connectivity index (χ1v) is 8.25. The van der Waals surface area contributed by atoms with Gasteiger partial charge in [-0.15, -0.1) is 0 Å². The maximum atomic E-state index is 13.2. The van der Waals surface area contributed by atoms with Gasteiger partial charge >= 0.3 is 0 Å². The number of anilines is 2. The highest BCUT2D eigenvalue weighted by molar-refractivity contribution is 6.31. The van der Waals surface area contributed by atoms with Crippen LogP contribution >= 0.6 is 11.6 Å². The van der Waals surface area contributed by atoms with Crippen molar-refractivity contribution in [3.05, 3.63) is 88.9 Å². The first-order chi connectivity index (χ1) is 12.1. The fraction of sp³-hybridized carbons (Fsp3) is 0.0500. The van der Waals surface area contributed by atoms with Gasteiger partial charge in [-0.25, -0.2) is 0 Å². The summed E-state index contributed by atoms with van der Waals surface area (Å²) in [6.45, 7) is 0. The number of hydrogen-bond donors (Lipinski definition) is 2. The minimum atomic E-state index is -0.444. The van der Waals surface area contributed by atoms with E-state index >= 15 is 0 Å². The lowest BCUT2D eigenvalue weighted by Gasteiger charge is -2.38. The number of carbonyl (C=O) groups is 1. The number of fused-ring (bicyclic) bond motifs is 1. The van der Waals surface area contributed by atoms with Crippen molar-refractivity contribution in [3.63, 3.8) is 0 Å². The predicted octanol–water partition coefficient (Wildman–Crippen LogP) is 4.82. The molecule has 0 saturated carbocycles. The van der Waals surface area contributed by atoms with Crippen LogP contribution in [0.15, 0.2) is 72.8 Å². The second-order valence-electron chi connectivity index (χ2n) is 5.81. The standard InChI is InChI=1S/C20H15ClN2O2/c21-17-7-3-1-5-15(17)19-22-18-8-4-2-6-16(18)20(25)23(19)13-9-11-14(24)12-10-13/h1-12,19,22,24H. The second kappa shape index (κ2) is 6.15. The van der Waals surface area contributed by atoms with E-state index in [2.05, 4.69) is 5.32 Å². The van der Waals surface area contributed by atoms with Crippen molar-refractivity contribution >= 4 is 28.9 Å². The molecular formula is C20H15ClN2O2. The fourth-order valence-electron chi connectivity index (χ4n) is 3.05. The van der Waals surface area contributed by atoms with Crippen LogP contribution in [0.3, 0.4) is 0 Å². The Bertz CT molecular complexity index is 940. The van der Waals surface area contributed by atoms with Gasteiger partial charge in [-0.2, -0.15) is 0 Å². The predicted molar refractivity (Wildman–Crippen MR) is 99.2 cm³/mol. The molecule has 5 heteroatoms.